The average molecular weight is 513 g/mol. The molecule has 1 amide bonds. The van der Waals surface area contributed by atoms with Gasteiger partial charge in [-0.3, -0.25) is 9.69 Å². The SMILES string of the molecule is COc1ccc(CCCNC(=O)C2CCCN(Cc3nc(-c4ccc(Br)cc4)no3)C2)cc1. The molecule has 1 aliphatic heterocycles. The Hall–Kier alpha value is -2.71. The Labute approximate surface area is 202 Å². The van der Waals surface area contributed by atoms with Crippen LogP contribution in [0.1, 0.15) is 30.7 Å². The van der Waals surface area contributed by atoms with E-state index in [-0.39, 0.29) is 11.8 Å². The van der Waals surface area contributed by atoms with Crippen LogP contribution >= 0.6 is 15.9 Å². The van der Waals surface area contributed by atoms with Crippen LogP contribution in [0.25, 0.3) is 11.4 Å². The van der Waals surface area contributed by atoms with Crippen molar-refractivity contribution >= 4 is 21.8 Å². The second-order valence-corrected chi connectivity index (χ2v) is 9.25. The van der Waals surface area contributed by atoms with Gasteiger partial charge in [-0.25, -0.2) is 0 Å². The predicted octanol–water partition coefficient (Wildman–Crippen LogP) is 4.47. The third-order valence-corrected chi connectivity index (χ3v) is 6.43. The van der Waals surface area contributed by atoms with Crippen LogP contribution in [0, 0.1) is 5.92 Å². The van der Waals surface area contributed by atoms with Crippen molar-refractivity contribution in [1.82, 2.24) is 20.4 Å². The molecule has 1 atom stereocenters. The second-order valence-electron chi connectivity index (χ2n) is 8.34. The first-order chi connectivity index (χ1) is 16.1. The van der Waals surface area contributed by atoms with Crippen LogP contribution in [0.2, 0.25) is 0 Å². The van der Waals surface area contributed by atoms with Crippen LogP contribution in [0.4, 0.5) is 0 Å². The Bertz CT molecular complexity index is 1040. The molecule has 1 fully saturated rings. The van der Waals surface area contributed by atoms with Crippen molar-refractivity contribution in [2.45, 2.75) is 32.2 Å². The first-order valence-electron chi connectivity index (χ1n) is 11.3. The minimum Gasteiger partial charge on any atom is -0.497 e. The molecule has 4 rings (SSSR count). The number of rotatable bonds is 9. The van der Waals surface area contributed by atoms with Crippen molar-refractivity contribution in [3.63, 3.8) is 0 Å². The van der Waals surface area contributed by atoms with Crippen LogP contribution in [0.5, 0.6) is 5.75 Å². The van der Waals surface area contributed by atoms with Crippen molar-refractivity contribution in [3.8, 4) is 17.1 Å². The van der Waals surface area contributed by atoms with Gasteiger partial charge >= 0.3 is 0 Å². The zero-order chi connectivity index (χ0) is 23.0. The van der Waals surface area contributed by atoms with Gasteiger partial charge in [0, 0.05) is 23.1 Å². The van der Waals surface area contributed by atoms with Gasteiger partial charge in [-0.05, 0) is 74.2 Å². The minimum absolute atomic E-state index is 0.00592. The molecule has 7 nitrogen and oxygen atoms in total. The number of carbonyl (C=O) groups is 1. The number of nitrogens with one attached hydrogen (secondary N) is 1. The topological polar surface area (TPSA) is 80.5 Å². The number of ether oxygens (including phenoxy) is 1. The van der Waals surface area contributed by atoms with E-state index in [1.807, 2.05) is 36.4 Å². The number of amides is 1. The van der Waals surface area contributed by atoms with Gasteiger partial charge < -0.3 is 14.6 Å². The normalized spacial score (nSPS) is 16.5. The first kappa shape index (κ1) is 23.4. The smallest absolute Gasteiger partial charge is 0.241 e. The number of hydrogen-bond donors (Lipinski definition) is 1. The van der Waals surface area contributed by atoms with Crippen molar-refractivity contribution in [3.05, 3.63) is 64.5 Å². The van der Waals surface area contributed by atoms with E-state index in [1.54, 1.807) is 7.11 Å². The fraction of sp³-hybridized carbons (Fsp3) is 0.400. The van der Waals surface area contributed by atoms with Gasteiger partial charge in [0.05, 0.1) is 19.6 Å². The Morgan fingerprint density at radius 2 is 2.00 bits per heavy atom. The summed E-state index contributed by atoms with van der Waals surface area (Å²) in [7, 11) is 1.67. The molecule has 0 aliphatic carbocycles. The number of likely N-dealkylation sites (tertiary alicyclic amines) is 1. The highest BCUT2D eigenvalue weighted by Crippen LogP contribution is 2.22. The van der Waals surface area contributed by atoms with Crippen molar-refractivity contribution in [2.24, 2.45) is 5.92 Å². The summed E-state index contributed by atoms with van der Waals surface area (Å²) in [5.41, 5.74) is 2.16. The van der Waals surface area contributed by atoms with E-state index in [1.165, 1.54) is 5.56 Å². The average Bonchev–Trinajstić information content (AvgIpc) is 3.31. The van der Waals surface area contributed by atoms with Gasteiger partial charge in [0.2, 0.25) is 17.6 Å². The molecule has 1 N–H and O–H groups in total. The van der Waals surface area contributed by atoms with E-state index >= 15 is 0 Å². The quantitative estimate of drug-likeness (QED) is 0.426. The number of aromatic nitrogens is 2. The first-order valence-corrected chi connectivity index (χ1v) is 12.1. The molecule has 174 valence electrons. The summed E-state index contributed by atoms with van der Waals surface area (Å²) in [4.78, 5) is 19.5. The summed E-state index contributed by atoms with van der Waals surface area (Å²) in [5.74, 6) is 2.15. The molecule has 2 aromatic carbocycles. The third-order valence-electron chi connectivity index (χ3n) is 5.91. The Balaban J connectivity index is 1.21. The number of methoxy groups -OCH3 is 1. The van der Waals surface area contributed by atoms with Crippen LogP contribution in [0.3, 0.4) is 0 Å². The van der Waals surface area contributed by atoms with E-state index in [9.17, 15) is 4.79 Å². The lowest BCUT2D eigenvalue weighted by Gasteiger charge is -2.30. The molecule has 0 spiro atoms. The highest BCUT2D eigenvalue weighted by Gasteiger charge is 2.26. The summed E-state index contributed by atoms with van der Waals surface area (Å²) in [6.07, 6.45) is 3.74. The number of benzene rings is 2. The predicted molar refractivity (Wildman–Crippen MR) is 130 cm³/mol. The molecule has 8 heteroatoms. The standard InChI is InChI=1S/C25H29BrN4O3/c1-32-22-12-6-18(7-13-22)4-2-14-27-25(31)20-5-3-15-30(16-20)17-23-28-24(29-33-23)19-8-10-21(26)11-9-19/h6-13,20H,2-5,14-17H2,1H3,(H,27,31). The van der Waals surface area contributed by atoms with Crippen LogP contribution in [-0.2, 0) is 17.8 Å². The Kier molecular flexibility index (Phi) is 8.12. The molecule has 2 heterocycles. The van der Waals surface area contributed by atoms with Crippen molar-refractivity contribution < 1.29 is 14.1 Å². The molecule has 1 unspecified atom stereocenters. The molecule has 0 saturated carbocycles. The number of aryl methyl sites for hydroxylation is 1. The summed E-state index contributed by atoms with van der Waals surface area (Å²) < 4.78 is 11.7. The summed E-state index contributed by atoms with van der Waals surface area (Å²) in [6, 6.07) is 15.9. The number of hydrogen-bond acceptors (Lipinski definition) is 6. The molecular formula is C25H29BrN4O3. The lowest BCUT2D eigenvalue weighted by atomic mass is 9.97. The molecule has 1 aromatic heterocycles. The fourth-order valence-corrected chi connectivity index (χ4v) is 4.34. The summed E-state index contributed by atoms with van der Waals surface area (Å²) >= 11 is 3.43. The Morgan fingerprint density at radius 1 is 1.21 bits per heavy atom. The third kappa shape index (κ3) is 6.65. The van der Waals surface area contributed by atoms with Gasteiger partial charge in [-0.15, -0.1) is 0 Å². The van der Waals surface area contributed by atoms with E-state index in [0.29, 0.717) is 31.3 Å². The molecule has 0 bridgehead atoms. The zero-order valence-electron chi connectivity index (χ0n) is 18.8. The lowest BCUT2D eigenvalue weighted by molar-refractivity contribution is -0.126. The van der Waals surface area contributed by atoms with Gasteiger partial charge in [0.15, 0.2) is 0 Å². The highest BCUT2D eigenvalue weighted by molar-refractivity contribution is 9.10. The van der Waals surface area contributed by atoms with Crippen LogP contribution in [0.15, 0.2) is 57.5 Å². The number of halogens is 1. The highest BCUT2D eigenvalue weighted by atomic mass is 79.9. The maximum absolute atomic E-state index is 12.7. The molecule has 1 aliphatic rings. The minimum atomic E-state index is -0.00592. The largest absolute Gasteiger partial charge is 0.497 e. The Morgan fingerprint density at radius 3 is 2.76 bits per heavy atom. The maximum Gasteiger partial charge on any atom is 0.241 e. The summed E-state index contributed by atoms with van der Waals surface area (Å²) in [6.45, 7) is 2.88. The number of piperidine rings is 1. The number of nitrogens with zero attached hydrogens (tertiary/aromatic N) is 3. The van der Waals surface area contributed by atoms with E-state index < -0.39 is 0 Å². The van der Waals surface area contributed by atoms with Gasteiger partial charge in [0.25, 0.3) is 0 Å². The van der Waals surface area contributed by atoms with Gasteiger partial charge in [-0.1, -0.05) is 33.2 Å². The van der Waals surface area contributed by atoms with E-state index in [4.69, 9.17) is 9.26 Å². The summed E-state index contributed by atoms with van der Waals surface area (Å²) in [5, 5.41) is 7.22. The van der Waals surface area contributed by atoms with Crippen LogP contribution < -0.4 is 10.1 Å². The number of carbonyl (C=O) groups excluding carboxylic acids is 1. The van der Waals surface area contributed by atoms with Gasteiger partial charge in [-0.2, -0.15) is 4.98 Å². The van der Waals surface area contributed by atoms with Crippen molar-refractivity contribution in [1.29, 1.82) is 0 Å². The monoisotopic (exact) mass is 512 g/mol. The molecule has 1 saturated heterocycles. The second kappa shape index (κ2) is 11.4. The zero-order valence-corrected chi connectivity index (χ0v) is 20.4. The fourth-order valence-electron chi connectivity index (χ4n) is 4.08. The molecule has 33 heavy (non-hydrogen) atoms. The maximum atomic E-state index is 12.7. The lowest BCUT2D eigenvalue weighted by Crippen LogP contribution is -2.43. The molecule has 0 radical (unpaired) electrons. The van der Waals surface area contributed by atoms with E-state index in [0.717, 1.165) is 48.0 Å². The van der Waals surface area contributed by atoms with Crippen LogP contribution in [-0.4, -0.2) is 47.7 Å². The molecule has 3 aromatic rings. The van der Waals surface area contributed by atoms with Gasteiger partial charge in [0.1, 0.15) is 5.75 Å². The van der Waals surface area contributed by atoms with Crippen molar-refractivity contribution in [2.75, 3.05) is 26.7 Å². The van der Waals surface area contributed by atoms with E-state index in [2.05, 4.69) is 48.4 Å². The molecular weight excluding hydrogens is 484 g/mol.